The number of anilines is 1. The average molecular weight is 688 g/mol. The number of pyridine rings is 1. The van der Waals surface area contributed by atoms with Gasteiger partial charge in [-0.15, -0.1) is 0 Å². The molecule has 1 aromatic carbocycles. The Bertz CT molecular complexity index is 1690. The molecule has 2 aliphatic rings. The third kappa shape index (κ3) is 8.21. The molecule has 252 valence electrons. The first kappa shape index (κ1) is 34.1. The number of aryl methyl sites for hydroxylation is 1. The maximum atomic E-state index is 13.5. The van der Waals surface area contributed by atoms with E-state index in [-0.39, 0.29) is 28.6 Å². The van der Waals surface area contributed by atoms with Crippen LogP contribution >= 0.6 is 11.6 Å². The van der Waals surface area contributed by atoms with Gasteiger partial charge in [0.05, 0.1) is 17.3 Å². The average Bonchev–Trinajstić information content (AvgIpc) is 3.73. The number of amides is 2. The molecular formula is C31H38ClN7O7S. The highest BCUT2D eigenvalue weighted by molar-refractivity contribution is 7.89. The van der Waals surface area contributed by atoms with Crippen molar-refractivity contribution in [1.82, 2.24) is 29.3 Å². The zero-order valence-electron chi connectivity index (χ0n) is 26.4. The molecule has 0 radical (unpaired) electrons. The molecule has 2 amide bonds. The van der Waals surface area contributed by atoms with Crippen LogP contribution in [0.15, 0.2) is 59.9 Å². The summed E-state index contributed by atoms with van der Waals surface area (Å²) in [6.45, 7) is 5.65. The Labute approximate surface area is 278 Å². The number of ether oxygens (including phenoxy) is 2. The lowest BCUT2D eigenvalue weighted by molar-refractivity contribution is -0.151. The minimum Gasteiger partial charge on any atom is -0.461 e. The zero-order valence-corrected chi connectivity index (χ0v) is 28.0. The van der Waals surface area contributed by atoms with Crippen LogP contribution in [0.2, 0.25) is 5.02 Å². The molecule has 2 atom stereocenters. The van der Waals surface area contributed by atoms with E-state index < -0.39 is 46.2 Å². The number of carbonyl (C=O) groups excluding carboxylic acids is 3. The predicted molar refractivity (Wildman–Crippen MR) is 172 cm³/mol. The number of nitrogens with one attached hydrogen (secondary N) is 1. The van der Waals surface area contributed by atoms with Gasteiger partial charge in [-0.1, -0.05) is 23.7 Å². The Hall–Kier alpha value is -4.21. The quantitative estimate of drug-likeness (QED) is 0.315. The molecular weight excluding hydrogens is 650 g/mol. The van der Waals surface area contributed by atoms with Gasteiger partial charge in [0, 0.05) is 58.6 Å². The first-order valence-corrected chi connectivity index (χ1v) is 17.2. The molecule has 16 heteroatoms. The summed E-state index contributed by atoms with van der Waals surface area (Å²) in [5, 5.41) is 6.80. The fourth-order valence-corrected chi connectivity index (χ4v) is 7.42. The van der Waals surface area contributed by atoms with Crippen molar-refractivity contribution in [3.05, 3.63) is 65.6 Å². The van der Waals surface area contributed by atoms with Crippen LogP contribution in [0.25, 0.3) is 0 Å². The molecule has 14 nitrogen and oxygen atoms in total. The molecule has 4 heterocycles. The predicted octanol–water partition coefficient (Wildman–Crippen LogP) is 2.62. The first-order chi connectivity index (χ1) is 22.4. The molecule has 5 rings (SSSR count). The van der Waals surface area contributed by atoms with E-state index in [9.17, 15) is 22.8 Å². The van der Waals surface area contributed by atoms with E-state index in [4.69, 9.17) is 21.1 Å². The van der Waals surface area contributed by atoms with Crippen LogP contribution in [-0.2, 0) is 37.8 Å². The monoisotopic (exact) mass is 687 g/mol. The van der Waals surface area contributed by atoms with Crippen molar-refractivity contribution in [3.8, 4) is 5.75 Å². The second-order valence-electron chi connectivity index (χ2n) is 11.7. The molecule has 0 saturated carbocycles. The third-order valence-corrected chi connectivity index (χ3v) is 10.0. The number of nitrogens with zero attached hydrogens (tertiary/aromatic N) is 6. The maximum Gasteiger partial charge on any atom is 0.415 e. The van der Waals surface area contributed by atoms with Crippen molar-refractivity contribution in [3.63, 3.8) is 0 Å². The standard InChI is InChI=1S/C31H38ClN7O7S/c1-21(2)45-30(41)25(35-29(40)26-7-6-12-39(26)47(43,44)23-19-34-36(3)20-23)18-22-9-10-27(24(32)17-22)46-31(42)38-15-13-37(14-16-38)28-8-4-5-11-33-28/h4-5,8-11,17,19-21,25-26H,6-7,12-16,18H2,1-3H3,(H,35,40)/t25-,26-/m0/s1. The maximum absolute atomic E-state index is 13.5. The largest absolute Gasteiger partial charge is 0.461 e. The molecule has 2 saturated heterocycles. The van der Waals surface area contributed by atoms with Gasteiger partial charge in [-0.2, -0.15) is 9.40 Å². The summed E-state index contributed by atoms with van der Waals surface area (Å²) >= 11 is 6.51. The van der Waals surface area contributed by atoms with Crippen LogP contribution in [0, 0.1) is 0 Å². The van der Waals surface area contributed by atoms with E-state index in [0.717, 1.165) is 10.1 Å². The normalized spacial score (nSPS) is 17.9. The topological polar surface area (TPSA) is 156 Å². The van der Waals surface area contributed by atoms with Crippen molar-refractivity contribution in [1.29, 1.82) is 0 Å². The third-order valence-electron chi connectivity index (χ3n) is 7.89. The molecule has 0 aliphatic carbocycles. The van der Waals surface area contributed by atoms with Gasteiger partial charge in [0.1, 0.15) is 22.8 Å². The van der Waals surface area contributed by atoms with Crippen molar-refractivity contribution in [2.24, 2.45) is 7.05 Å². The van der Waals surface area contributed by atoms with Gasteiger partial charge in [0.2, 0.25) is 15.9 Å². The van der Waals surface area contributed by atoms with E-state index in [1.807, 2.05) is 18.2 Å². The summed E-state index contributed by atoms with van der Waals surface area (Å²) in [6, 6.07) is 8.28. The van der Waals surface area contributed by atoms with Crippen molar-refractivity contribution in [2.45, 2.75) is 56.2 Å². The fourth-order valence-electron chi connectivity index (χ4n) is 5.54. The van der Waals surface area contributed by atoms with Crippen molar-refractivity contribution >= 4 is 45.4 Å². The minimum absolute atomic E-state index is 0.00277. The van der Waals surface area contributed by atoms with Crippen molar-refractivity contribution in [2.75, 3.05) is 37.6 Å². The van der Waals surface area contributed by atoms with Gasteiger partial charge in [-0.25, -0.2) is 23.0 Å². The van der Waals surface area contributed by atoms with E-state index in [1.54, 1.807) is 44.1 Å². The fraction of sp³-hybridized carbons (Fsp3) is 0.452. The molecule has 0 unspecified atom stereocenters. The van der Waals surface area contributed by atoms with Gasteiger partial charge >= 0.3 is 12.1 Å². The van der Waals surface area contributed by atoms with Crippen LogP contribution in [0.4, 0.5) is 10.6 Å². The van der Waals surface area contributed by atoms with Gasteiger partial charge in [0.15, 0.2) is 5.75 Å². The van der Waals surface area contributed by atoms with E-state index in [2.05, 4.69) is 20.3 Å². The number of halogens is 1. The molecule has 2 aromatic heterocycles. The van der Waals surface area contributed by atoms with Gasteiger partial charge in [-0.3, -0.25) is 9.48 Å². The molecule has 2 fully saturated rings. The molecule has 0 spiro atoms. The number of rotatable bonds is 10. The van der Waals surface area contributed by atoms with E-state index in [1.165, 1.54) is 23.1 Å². The number of benzene rings is 1. The number of carbonyl (C=O) groups is 3. The SMILES string of the molecule is CC(C)OC(=O)[C@H](Cc1ccc(OC(=O)N2CCN(c3ccccn3)CC2)c(Cl)c1)NC(=O)[C@@H]1CCCN1S(=O)(=O)c1cnn(C)c1. The summed E-state index contributed by atoms with van der Waals surface area (Å²) in [5.74, 6) is -0.286. The minimum atomic E-state index is -3.98. The highest BCUT2D eigenvalue weighted by atomic mass is 35.5. The molecule has 47 heavy (non-hydrogen) atoms. The highest BCUT2D eigenvalue weighted by Gasteiger charge is 2.41. The Morgan fingerprint density at radius 1 is 1.09 bits per heavy atom. The number of sulfonamides is 1. The highest BCUT2D eigenvalue weighted by Crippen LogP contribution is 2.28. The van der Waals surface area contributed by atoms with Gasteiger partial charge in [0.25, 0.3) is 0 Å². The second-order valence-corrected chi connectivity index (χ2v) is 14.0. The lowest BCUT2D eigenvalue weighted by Crippen LogP contribution is -2.52. The second kappa shape index (κ2) is 14.7. The molecule has 3 aromatic rings. The lowest BCUT2D eigenvalue weighted by atomic mass is 10.0. The van der Waals surface area contributed by atoms with Crippen LogP contribution in [0.3, 0.4) is 0 Å². The van der Waals surface area contributed by atoms with Gasteiger partial charge in [-0.05, 0) is 56.5 Å². The number of esters is 1. The van der Waals surface area contributed by atoms with Crippen LogP contribution < -0.4 is 15.0 Å². The number of aromatic nitrogens is 3. The summed E-state index contributed by atoms with van der Waals surface area (Å²) in [5.41, 5.74) is 0.566. The molecule has 1 N–H and O–H groups in total. The van der Waals surface area contributed by atoms with Crippen LogP contribution in [0.5, 0.6) is 5.75 Å². The van der Waals surface area contributed by atoms with Crippen LogP contribution in [-0.4, -0.2) is 101 Å². The Kier molecular flexibility index (Phi) is 10.7. The van der Waals surface area contributed by atoms with E-state index >= 15 is 0 Å². The number of hydrogen-bond acceptors (Lipinski definition) is 10. The Morgan fingerprint density at radius 2 is 1.85 bits per heavy atom. The smallest absolute Gasteiger partial charge is 0.415 e. The molecule has 2 aliphatic heterocycles. The zero-order chi connectivity index (χ0) is 33.7. The van der Waals surface area contributed by atoms with Crippen molar-refractivity contribution < 1.29 is 32.3 Å². The van der Waals surface area contributed by atoms with E-state index in [0.29, 0.717) is 44.6 Å². The lowest BCUT2D eigenvalue weighted by Gasteiger charge is -2.34. The number of piperazine rings is 1. The Balaban J connectivity index is 1.23. The van der Waals surface area contributed by atoms with Crippen LogP contribution in [0.1, 0.15) is 32.3 Å². The summed E-state index contributed by atoms with van der Waals surface area (Å²) in [6.07, 6.45) is 4.13. The Morgan fingerprint density at radius 3 is 2.49 bits per heavy atom. The number of hydrogen-bond donors (Lipinski definition) is 1. The summed E-state index contributed by atoms with van der Waals surface area (Å²) < 4.78 is 40.1. The first-order valence-electron chi connectivity index (χ1n) is 15.3. The summed E-state index contributed by atoms with van der Waals surface area (Å²) in [7, 11) is -2.38. The van der Waals surface area contributed by atoms with Gasteiger partial charge < -0.3 is 24.6 Å². The summed E-state index contributed by atoms with van der Waals surface area (Å²) in [4.78, 5) is 47.5. The molecule has 0 bridgehead atoms.